The largest absolute Gasteiger partial charge is 0.481 e. The smallest absolute Gasteiger partial charge is 0.313 e. The average Bonchev–Trinajstić information content (AvgIpc) is 2.78. The van der Waals surface area contributed by atoms with Crippen LogP contribution in [0.2, 0.25) is 0 Å². The van der Waals surface area contributed by atoms with E-state index in [4.69, 9.17) is 5.11 Å². The van der Waals surface area contributed by atoms with E-state index < -0.39 is 5.97 Å². The number of nitrogens with zero attached hydrogens (tertiary/aromatic N) is 4. The molecule has 0 aliphatic rings. The molecule has 2 rings (SSSR count). The summed E-state index contributed by atoms with van der Waals surface area (Å²) in [5.41, 5.74) is 1.06. The van der Waals surface area contributed by atoms with Crippen molar-refractivity contribution in [2.45, 2.75) is 12.1 Å². The zero-order valence-corrected chi connectivity index (χ0v) is 10.2. The molecule has 1 heterocycles. The van der Waals surface area contributed by atoms with Gasteiger partial charge in [-0.05, 0) is 41.1 Å². The van der Waals surface area contributed by atoms with Crippen LogP contribution in [-0.2, 0) is 4.79 Å². The minimum Gasteiger partial charge on any atom is -0.481 e. The van der Waals surface area contributed by atoms with E-state index in [1.807, 2.05) is 0 Å². The summed E-state index contributed by atoms with van der Waals surface area (Å²) in [4.78, 5) is 10.5. The molecule has 1 aromatic carbocycles. The van der Waals surface area contributed by atoms with E-state index in [9.17, 15) is 9.18 Å². The Bertz CT molecular complexity index is 587. The third-order valence-electron chi connectivity index (χ3n) is 2.15. The number of halogens is 1. The predicted molar refractivity (Wildman–Crippen MR) is 62.2 cm³/mol. The normalized spacial score (nSPS) is 10.6. The van der Waals surface area contributed by atoms with Gasteiger partial charge >= 0.3 is 5.97 Å². The standard InChI is InChI=1S/C10H9FN4O2S/c1-6-4-7(2-3-8(6)11)15-10(12-13-14-15)18-5-9(16)17/h2-4H,5H2,1H3,(H,16,17). The van der Waals surface area contributed by atoms with Crippen LogP contribution in [-0.4, -0.2) is 37.0 Å². The van der Waals surface area contributed by atoms with Gasteiger partial charge in [0.15, 0.2) is 0 Å². The third kappa shape index (κ3) is 2.65. The molecule has 0 atom stereocenters. The van der Waals surface area contributed by atoms with Gasteiger partial charge in [0.05, 0.1) is 11.4 Å². The van der Waals surface area contributed by atoms with Crippen LogP contribution < -0.4 is 0 Å². The third-order valence-corrected chi connectivity index (χ3v) is 3.06. The number of hydrogen-bond donors (Lipinski definition) is 1. The van der Waals surface area contributed by atoms with Gasteiger partial charge in [-0.1, -0.05) is 11.8 Å². The van der Waals surface area contributed by atoms with Gasteiger partial charge in [-0.25, -0.2) is 4.39 Å². The first-order valence-electron chi connectivity index (χ1n) is 4.97. The SMILES string of the molecule is Cc1cc(-n2nnnc2SCC(=O)O)ccc1F. The van der Waals surface area contributed by atoms with Crippen LogP contribution in [0.15, 0.2) is 23.4 Å². The first kappa shape index (κ1) is 12.5. The average molecular weight is 268 g/mol. The summed E-state index contributed by atoms with van der Waals surface area (Å²) in [7, 11) is 0. The number of aliphatic carboxylic acids is 1. The van der Waals surface area contributed by atoms with E-state index >= 15 is 0 Å². The number of benzene rings is 1. The lowest BCUT2D eigenvalue weighted by molar-refractivity contribution is -0.133. The molecule has 94 valence electrons. The van der Waals surface area contributed by atoms with Gasteiger partial charge in [0.1, 0.15) is 5.82 Å². The fraction of sp³-hybridized carbons (Fsp3) is 0.200. The highest BCUT2D eigenvalue weighted by Crippen LogP contribution is 2.19. The van der Waals surface area contributed by atoms with Gasteiger partial charge in [0.2, 0.25) is 5.16 Å². The summed E-state index contributed by atoms with van der Waals surface area (Å²) in [6.07, 6.45) is 0. The fourth-order valence-electron chi connectivity index (χ4n) is 1.32. The topological polar surface area (TPSA) is 80.9 Å². The second-order valence-corrected chi connectivity index (χ2v) is 4.43. The van der Waals surface area contributed by atoms with Crippen molar-refractivity contribution >= 4 is 17.7 Å². The minimum atomic E-state index is -0.954. The predicted octanol–water partition coefficient (Wildman–Crippen LogP) is 1.29. The maximum absolute atomic E-state index is 13.2. The number of aryl methyl sites for hydroxylation is 1. The molecule has 1 N–H and O–H groups in total. The number of rotatable bonds is 4. The molecule has 0 unspecified atom stereocenters. The molecule has 18 heavy (non-hydrogen) atoms. The van der Waals surface area contributed by atoms with Crippen molar-refractivity contribution < 1.29 is 14.3 Å². The Labute approximate surface area is 106 Å². The molecule has 0 saturated carbocycles. The molecule has 0 fully saturated rings. The Kier molecular flexibility index (Phi) is 3.56. The van der Waals surface area contributed by atoms with Crippen molar-refractivity contribution in [3.8, 4) is 5.69 Å². The summed E-state index contributed by atoms with van der Waals surface area (Å²) in [5.74, 6) is -1.41. The number of hydrogen-bond acceptors (Lipinski definition) is 5. The zero-order valence-electron chi connectivity index (χ0n) is 9.37. The molecule has 0 saturated heterocycles. The first-order valence-corrected chi connectivity index (χ1v) is 5.96. The molecular formula is C10H9FN4O2S. The summed E-state index contributed by atoms with van der Waals surface area (Å²) in [5, 5.41) is 19.9. The van der Waals surface area contributed by atoms with Crippen LogP contribution in [0.25, 0.3) is 5.69 Å². The van der Waals surface area contributed by atoms with Crippen LogP contribution in [0.1, 0.15) is 5.56 Å². The second kappa shape index (κ2) is 5.13. The van der Waals surface area contributed by atoms with E-state index in [-0.39, 0.29) is 11.6 Å². The number of aromatic nitrogens is 4. The molecule has 6 nitrogen and oxygen atoms in total. The Morgan fingerprint density at radius 1 is 1.56 bits per heavy atom. The van der Waals surface area contributed by atoms with Crippen molar-refractivity contribution in [1.82, 2.24) is 20.2 Å². The Morgan fingerprint density at radius 3 is 3.00 bits per heavy atom. The molecule has 0 aliphatic heterocycles. The Hall–Kier alpha value is -1.96. The summed E-state index contributed by atoms with van der Waals surface area (Å²) >= 11 is 1.00. The number of carboxylic acid groups (broad SMARTS) is 1. The number of carbonyl (C=O) groups is 1. The van der Waals surface area contributed by atoms with Gasteiger partial charge in [-0.2, -0.15) is 4.68 Å². The molecule has 0 bridgehead atoms. The highest BCUT2D eigenvalue weighted by atomic mass is 32.2. The molecule has 0 spiro atoms. The van der Waals surface area contributed by atoms with E-state index in [0.29, 0.717) is 16.4 Å². The summed E-state index contributed by atoms with van der Waals surface area (Å²) < 4.78 is 14.5. The summed E-state index contributed by atoms with van der Waals surface area (Å²) in [6, 6.07) is 4.44. The van der Waals surface area contributed by atoms with E-state index in [0.717, 1.165) is 11.8 Å². The van der Waals surface area contributed by atoms with Gasteiger partial charge in [-0.3, -0.25) is 4.79 Å². The molecule has 0 amide bonds. The molecule has 0 aliphatic carbocycles. The maximum atomic E-state index is 13.2. The summed E-state index contributed by atoms with van der Waals surface area (Å²) in [6.45, 7) is 1.63. The molecule has 0 radical (unpaired) electrons. The van der Waals surface area contributed by atoms with Gasteiger partial charge in [0.25, 0.3) is 0 Å². The van der Waals surface area contributed by atoms with Crippen LogP contribution in [0.3, 0.4) is 0 Å². The van der Waals surface area contributed by atoms with Crippen molar-refractivity contribution in [3.63, 3.8) is 0 Å². The molecule has 1 aromatic heterocycles. The monoisotopic (exact) mass is 268 g/mol. The lowest BCUT2D eigenvalue weighted by Gasteiger charge is -2.04. The molecular weight excluding hydrogens is 259 g/mol. The van der Waals surface area contributed by atoms with E-state index in [1.165, 1.54) is 16.8 Å². The Morgan fingerprint density at radius 2 is 2.33 bits per heavy atom. The number of carboxylic acids is 1. The van der Waals surface area contributed by atoms with Crippen molar-refractivity contribution in [1.29, 1.82) is 0 Å². The quantitative estimate of drug-likeness (QED) is 0.841. The minimum absolute atomic E-state index is 0.138. The van der Waals surface area contributed by atoms with Crippen molar-refractivity contribution in [2.24, 2.45) is 0 Å². The maximum Gasteiger partial charge on any atom is 0.313 e. The van der Waals surface area contributed by atoms with E-state index in [1.54, 1.807) is 13.0 Å². The second-order valence-electron chi connectivity index (χ2n) is 3.49. The first-order chi connectivity index (χ1) is 8.58. The van der Waals surface area contributed by atoms with Gasteiger partial charge < -0.3 is 5.11 Å². The van der Waals surface area contributed by atoms with Gasteiger partial charge in [0, 0.05) is 0 Å². The highest BCUT2D eigenvalue weighted by Gasteiger charge is 2.11. The van der Waals surface area contributed by atoms with Crippen molar-refractivity contribution in [2.75, 3.05) is 5.75 Å². The van der Waals surface area contributed by atoms with E-state index in [2.05, 4.69) is 15.5 Å². The van der Waals surface area contributed by atoms with Crippen LogP contribution in [0.5, 0.6) is 0 Å². The molecule has 8 heteroatoms. The highest BCUT2D eigenvalue weighted by molar-refractivity contribution is 7.99. The lowest BCUT2D eigenvalue weighted by Crippen LogP contribution is -2.03. The fourth-order valence-corrected chi connectivity index (χ4v) is 1.93. The van der Waals surface area contributed by atoms with Crippen LogP contribution in [0, 0.1) is 12.7 Å². The lowest BCUT2D eigenvalue weighted by atomic mass is 10.2. The number of thioether (sulfide) groups is 1. The zero-order chi connectivity index (χ0) is 13.1. The van der Waals surface area contributed by atoms with Crippen LogP contribution >= 0.6 is 11.8 Å². The number of tetrazole rings is 1. The van der Waals surface area contributed by atoms with Crippen LogP contribution in [0.4, 0.5) is 4.39 Å². The van der Waals surface area contributed by atoms with Gasteiger partial charge in [-0.15, -0.1) is 5.10 Å². The Balaban J connectivity index is 2.30. The van der Waals surface area contributed by atoms with Crippen molar-refractivity contribution in [3.05, 3.63) is 29.6 Å². The molecule has 2 aromatic rings.